The molecule has 0 N–H and O–H groups in total. The van der Waals surface area contributed by atoms with E-state index in [9.17, 15) is 19.6 Å². The Morgan fingerprint density at radius 2 is 0.667 bits per heavy atom. The number of rotatable bonds is 12. The van der Waals surface area contributed by atoms with Crippen molar-refractivity contribution >= 4 is 56.0 Å². The maximum absolute atomic E-state index is 11.6. The molecule has 0 bridgehead atoms. The summed E-state index contributed by atoms with van der Waals surface area (Å²) in [5.74, 6) is 0. The van der Waals surface area contributed by atoms with Crippen LogP contribution < -0.4 is 19.6 Å². The summed E-state index contributed by atoms with van der Waals surface area (Å²) in [4.78, 5) is 46.5. The average molecular weight is 735 g/mol. The van der Waals surface area contributed by atoms with Crippen LogP contribution in [-0.4, -0.2) is 21.0 Å². The molecule has 0 aromatic rings. The van der Waals surface area contributed by atoms with Gasteiger partial charge in [0.2, 0.25) is 0 Å². The second kappa shape index (κ2) is 25.0. The van der Waals surface area contributed by atoms with Crippen molar-refractivity contribution in [2.45, 2.75) is 128 Å². The molecule has 0 spiro atoms. The van der Waals surface area contributed by atoms with E-state index in [2.05, 4.69) is 27.7 Å². The van der Waals surface area contributed by atoms with Crippen molar-refractivity contribution < 1.29 is 78.0 Å². The maximum atomic E-state index is 11.6. The van der Waals surface area contributed by atoms with E-state index in [1.165, 1.54) is 0 Å². The van der Waals surface area contributed by atoms with Crippen molar-refractivity contribution in [1.29, 1.82) is 0 Å². The van der Waals surface area contributed by atoms with E-state index in [1.807, 2.05) is 27.7 Å². The first-order valence-electron chi connectivity index (χ1n) is 11.2. The van der Waals surface area contributed by atoms with E-state index < -0.39 is 31.5 Å². The van der Waals surface area contributed by atoms with E-state index in [0.717, 1.165) is 51.4 Å². The molecule has 0 aromatic heterocycles. The Hall–Kier alpha value is 3.97. The molecular weight excluding hydrogens is 691 g/mol. The molecule has 0 amide bonds. The van der Waals surface area contributed by atoms with Gasteiger partial charge in [0.05, 0.1) is 0 Å². The maximum Gasteiger partial charge on any atom is 2.00 e. The van der Waals surface area contributed by atoms with Crippen molar-refractivity contribution in [2.24, 2.45) is 0 Å². The van der Waals surface area contributed by atoms with E-state index >= 15 is 0 Å². The first-order valence-corrected chi connectivity index (χ1v) is 20.4. The third-order valence-electron chi connectivity index (χ3n) is 4.95. The quantitative estimate of drug-likeness (QED) is 0.172. The van der Waals surface area contributed by atoms with Gasteiger partial charge in [-0.3, -0.25) is 0 Å². The predicted octanol–water partition coefficient (Wildman–Crippen LogP) is 3.85. The molecule has 4 unspecified atom stereocenters. The summed E-state index contributed by atoms with van der Waals surface area (Å²) in [6, 6.07) is 0. The average Bonchev–Trinajstić information content (AvgIpc) is 2.53. The van der Waals surface area contributed by atoms with Crippen LogP contribution in [0.3, 0.4) is 0 Å². The van der Waals surface area contributed by atoms with Gasteiger partial charge in [0, 0.05) is 0 Å². The first-order chi connectivity index (χ1) is 13.7. The van der Waals surface area contributed by atoms with Crippen LogP contribution in [0, 0.1) is 0 Å². The van der Waals surface area contributed by atoms with Crippen molar-refractivity contribution in [2.75, 3.05) is 0 Å². The smallest absolute Gasteiger partial charge is 0.854 e. The molecule has 33 heavy (non-hydrogen) atoms. The van der Waals surface area contributed by atoms with Crippen LogP contribution in [-0.2, 0) is 103 Å². The normalized spacial score (nSPS) is 16.9. The predicted molar refractivity (Wildman–Crippen MR) is 141 cm³/mol. The fourth-order valence-electron chi connectivity index (χ4n) is 3.78. The van der Waals surface area contributed by atoms with Crippen molar-refractivity contribution in [3.63, 3.8) is 0 Å². The summed E-state index contributed by atoms with van der Waals surface area (Å²) in [7, 11) is -1.23. The van der Waals surface area contributed by atoms with Crippen LogP contribution in [0.1, 0.15) is 107 Å². The van der Waals surface area contributed by atoms with Crippen LogP contribution in [0.2, 0.25) is 0 Å². The van der Waals surface area contributed by atoms with Gasteiger partial charge < -0.3 is 55.5 Å². The van der Waals surface area contributed by atoms with Crippen molar-refractivity contribution in [3.05, 3.63) is 0 Å². The van der Waals surface area contributed by atoms with Crippen LogP contribution >= 0.6 is 11.4 Å². The molecule has 4 nitrogen and oxygen atoms in total. The van der Waals surface area contributed by atoms with Crippen LogP contribution in [0.4, 0.5) is 0 Å². The Balaban J connectivity index is -0.000000145. The monoisotopic (exact) mass is 730 g/mol. The Bertz CT molecular complexity index is 495. The molecule has 0 fully saturated rings. The van der Waals surface area contributed by atoms with Gasteiger partial charge in [-0.2, -0.15) is 0 Å². The molecule has 0 saturated heterocycles. The molecule has 4 atom stereocenters. The largest absolute Gasteiger partial charge is 2.00 e. The summed E-state index contributed by atoms with van der Waals surface area (Å²) in [5.41, 5.74) is -7.17. The Morgan fingerprint density at radius 3 is 0.758 bits per heavy atom. The molecule has 0 aromatic carbocycles. The number of hydrogen-bond donors (Lipinski definition) is 0. The summed E-state index contributed by atoms with van der Waals surface area (Å²) in [5, 5.41) is 0.879. The van der Waals surface area contributed by atoms with Gasteiger partial charge in [0.25, 0.3) is 0 Å². The Morgan fingerprint density at radius 1 is 0.515 bits per heavy atom. The fraction of sp³-hybridized carbons (Fsp3) is 1.00. The zero-order chi connectivity index (χ0) is 24.1. The topological polar surface area (TPSA) is 92.2 Å². The zero-order valence-corrected chi connectivity index (χ0v) is 36.2. The van der Waals surface area contributed by atoms with Gasteiger partial charge in [0.1, 0.15) is 0 Å². The van der Waals surface area contributed by atoms with Gasteiger partial charge >= 0.3 is 58.4 Å². The van der Waals surface area contributed by atoms with Crippen molar-refractivity contribution in [3.8, 4) is 0 Å². The van der Waals surface area contributed by atoms with E-state index in [-0.39, 0.29) is 79.4 Å². The summed E-state index contributed by atoms with van der Waals surface area (Å²) >= 11 is 9.40. The molecule has 0 heterocycles. The minimum atomic E-state index is -3.59. The van der Waals surface area contributed by atoms with Gasteiger partial charge in [-0.25, -0.2) is 20.1 Å². The minimum absolute atomic E-state index is 0. The minimum Gasteiger partial charge on any atom is -0.854 e. The SMILES string of the molecule is CCCC(C)S(C(C)CCC)=P([O-])([O-])[S-].CCCC(C)S(C(C)CCC)=P([O-])([O-])[S-].[Zn+2].[Zn+2].[Zn+2]. The van der Waals surface area contributed by atoms with Crippen LogP contribution in [0.25, 0.3) is 0 Å². The molecule has 0 aliphatic carbocycles. The van der Waals surface area contributed by atoms with Gasteiger partial charge in [-0.1, -0.05) is 81.1 Å². The second-order valence-corrected chi connectivity index (χ2v) is 24.1. The summed E-state index contributed by atoms with van der Waals surface area (Å²) < 4.78 is 0. The fourth-order valence-corrected chi connectivity index (χ4v) is 20.9. The summed E-state index contributed by atoms with van der Waals surface area (Å²) in [6.45, 7) is 16.4. The van der Waals surface area contributed by atoms with Gasteiger partial charge in [-0.05, 0) is 46.7 Å². The van der Waals surface area contributed by atoms with Crippen LogP contribution in [0.5, 0.6) is 0 Å². The number of hydrogen-bond acceptors (Lipinski definition) is 6. The zero-order valence-electron chi connectivity index (χ0n) is 22.2. The van der Waals surface area contributed by atoms with E-state index in [4.69, 9.17) is 24.5 Å². The third-order valence-corrected chi connectivity index (χ3v) is 20.7. The van der Waals surface area contributed by atoms with Gasteiger partial charge in [0.15, 0.2) is 0 Å². The molecule has 0 rings (SSSR count). The molecule has 0 aliphatic rings. The molecule has 0 aliphatic heterocycles. The second-order valence-electron chi connectivity index (χ2n) is 7.99. The molecular formula is C20H44O4P2S4Zn3. The van der Waals surface area contributed by atoms with E-state index in [0.29, 0.717) is 0 Å². The Kier molecular flexibility index (Phi) is 35.4. The summed E-state index contributed by atoms with van der Waals surface area (Å²) in [6.07, 6.45) is 7.94. The Labute approximate surface area is 259 Å². The van der Waals surface area contributed by atoms with E-state index in [1.54, 1.807) is 0 Å². The van der Waals surface area contributed by atoms with Crippen LogP contribution in [0.15, 0.2) is 0 Å². The molecule has 0 radical (unpaired) electrons. The molecule has 188 valence electrons. The first kappa shape index (κ1) is 46.8. The molecule has 13 heteroatoms. The van der Waals surface area contributed by atoms with Gasteiger partial charge in [-0.15, -0.1) is 0 Å². The standard InChI is InChI=1S/2C10H22O2PS2.3Zn/c2*1-5-7-9(3)15(13(11,12)14)10(4)8-6-2;;;/h2*9-10H,5-8H2,1-4H3;;;/q2*-3;3*+2. The molecule has 0 saturated carbocycles. The third kappa shape index (κ3) is 21.5. The van der Waals surface area contributed by atoms with Crippen molar-refractivity contribution in [1.82, 2.24) is 0 Å².